The van der Waals surface area contributed by atoms with Crippen molar-refractivity contribution in [3.63, 3.8) is 0 Å². The summed E-state index contributed by atoms with van der Waals surface area (Å²) >= 11 is 0. The highest BCUT2D eigenvalue weighted by atomic mass is 19.1. The van der Waals surface area contributed by atoms with E-state index in [1.165, 1.54) is 12.1 Å². The third-order valence-electron chi connectivity index (χ3n) is 1.84. The van der Waals surface area contributed by atoms with Gasteiger partial charge in [-0.2, -0.15) is 0 Å². The summed E-state index contributed by atoms with van der Waals surface area (Å²) in [6.45, 7) is 1.71. The lowest BCUT2D eigenvalue weighted by molar-refractivity contribution is 0.0369. The number of esters is 1. The van der Waals surface area contributed by atoms with E-state index in [2.05, 4.69) is 5.32 Å². The van der Waals surface area contributed by atoms with Crippen LogP contribution in [0.1, 0.15) is 17.3 Å². The minimum atomic E-state index is -0.485. The van der Waals surface area contributed by atoms with E-state index >= 15 is 0 Å². The normalized spacial score (nSPS) is 20.2. The lowest BCUT2D eigenvalue weighted by Crippen LogP contribution is -2.29. The van der Waals surface area contributed by atoms with E-state index in [4.69, 9.17) is 4.74 Å². The summed E-state index contributed by atoms with van der Waals surface area (Å²) < 4.78 is 17.6. The van der Waals surface area contributed by atoms with E-state index in [0.29, 0.717) is 5.69 Å². The maximum absolute atomic E-state index is 12.7. The molecule has 4 heteroatoms. The zero-order chi connectivity index (χ0) is 9.42. The maximum Gasteiger partial charge on any atom is 0.342 e. The van der Waals surface area contributed by atoms with Crippen molar-refractivity contribution >= 4 is 11.7 Å². The SMILES string of the molecule is CC1Nc2ccc(F)cc2C(=O)O1. The number of nitrogens with one attached hydrogen (secondary N) is 1. The first-order valence-electron chi connectivity index (χ1n) is 3.94. The molecular weight excluding hydrogens is 173 g/mol. The number of rotatable bonds is 0. The molecule has 0 fully saturated rings. The van der Waals surface area contributed by atoms with Gasteiger partial charge in [-0.3, -0.25) is 0 Å². The number of benzene rings is 1. The Kier molecular flexibility index (Phi) is 1.69. The van der Waals surface area contributed by atoms with Crippen LogP contribution in [0, 0.1) is 5.82 Å². The summed E-state index contributed by atoms with van der Waals surface area (Å²) in [5.74, 6) is -0.923. The van der Waals surface area contributed by atoms with Gasteiger partial charge in [-0.25, -0.2) is 9.18 Å². The van der Waals surface area contributed by atoms with Gasteiger partial charge in [-0.1, -0.05) is 0 Å². The van der Waals surface area contributed by atoms with Gasteiger partial charge in [0.05, 0.1) is 11.3 Å². The highest BCUT2D eigenvalue weighted by molar-refractivity contribution is 5.97. The molecule has 0 bridgehead atoms. The zero-order valence-corrected chi connectivity index (χ0v) is 7.00. The number of halogens is 1. The van der Waals surface area contributed by atoms with Gasteiger partial charge in [-0.05, 0) is 25.1 Å². The van der Waals surface area contributed by atoms with Crippen LogP contribution < -0.4 is 5.32 Å². The summed E-state index contributed by atoms with van der Waals surface area (Å²) in [6.07, 6.45) is -0.356. The van der Waals surface area contributed by atoms with Crippen LogP contribution in [0.5, 0.6) is 0 Å². The number of carbonyl (C=O) groups is 1. The van der Waals surface area contributed by atoms with Crippen LogP contribution in [0.2, 0.25) is 0 Å². The highest BCUT2D eigenvalue weighted by Gasteiger charge is 2.22. The van der Waals surface area contributed by atoms with Crippen LogP contribution in [-0.4, -0.2) is 12.2 Å². The van der Waals surface area contributed by atoms with Crippen LogP contribution in [-0.2, 0) is 4.74 Å². The number of carbonyl (C=O) groups excluding carboxylic acids is 1. The zero-order valence-electron chi connectivity index (χ0n) is 7.00. The predicted octanol–water partition coefficient (Wildman–Crippen LogP) is 1.75. The third-order valence-corrected chi connectivity index (χ3v) is 1.84. The Morgan fingerprint density at radius 1 is 1.54 bits per heavy atom. The first-order chi connectivity index (χ1) is 6.16. The molecule has 1 heterocycles. The quantitative estimate of drug-likeness (QED) is 0.619. The second-order valence-electron chi connectivity index (χ2n) is 2.88. The van der Waals surface area contributed by atoms with E-state index in [0.717, 1.165) is 6.07 Å². The average Bonchev–Trinajstić information content (AvgIpc) is 2.06. The van der Waals surface area contributed by atoms with Gasteiger partial charge in [0, 0.05) is 0 Å². The summed E-state index contributed by atoms with van der Waals surface area (Å²) in [6, 6.07) is 4.00. The molecule has 1 aliphatic heterocycles. The largest absolute Gasteiger partial charge is 0.438 e. The summed E-state index contributed by atoms with van der Waals surface area (Å²) in [7, 11) is 0. The molecule has 0 radical (unpaired) electrons. The topological polar surface area (TPSA) is 38.3 Å². The van der Waals surface area contributed by atoms with Crippen LogP contribution in [0.4, 0.5) is 10.1 Å². The molecule has 68 valence electrons. The van der Waals surface area contributed by atoms with Crippen LogP contribution >= 0.6 is 0 Å². The van der Waals surface area contributed by atoms with E-state index in [9.17, 15) is 9.18 Å². The molecule has 1 unspecified atom stereocenters. The summed E-state index contributed by atoms with van der Waals surface area (Å²) in [5.41, 5.74) is 0.864. The Morgan fingerprint density at radius 2 is 2.31 bits per heavy atom. The molecule has 0 amide bonds. The molecule has 0 spiro atoms. The monoisotopic (exact) mass is 181 g/mol. The highest BCUT2D eigenvalue weighted by Crippen LogP contribution is 2.23. The Morgan fingerprint density at radius 3 is 3.08 bits per heavy atom. The van der Waals surface area contributed by atoms with Crippen molar-refractivity contribution in [2.75, 3.05) is 5.32 Å². The van der Waals surface area contributed by atoms with Gasteiger partial charge in [0.25, 0.3) is 0 Å². The van der Waals surface area contributed by atoms with Gasteiger partial charge in [0.1, 0.15) is 5.82 Å². The fourth-order valence-corrected chi connectivity index (χ4v) is 1.28. The van der Waals surface area contributed by atoms with Crippen molar-refractivity contribution in [1.29, 1.82) is 0 Å². The van der Waals surface area contributed by atoms with E-state index < -0.39 is 11.8 Å². The minimum absolute atomic E-state index is 0.248. The molecule has 1 aromatic carbocycles. The Labute approximate surface area is 74.5 Å². The summed E-state index contributed by atoms with van der Waals surface area (Å²) in [4.78, 5) is 11.2. The van der Waals surface area contributed by atoms with E-state index in [1.54, 1.807) is 6.92 Å². The predicted molar refractivity (Wildman–Crippen MR) is 44.9 cm³/mol. The molecule has 1 aromatic rings. The molecule has 0 aromatic heterocycles. The van der Waals surface area contributed by atoms with E-state index in [1.807, 2.05) is 0 Å². The average molecular weight is 181 g/mol. The number of fused-ring (bicyclic) bond motifs is 1. The fourth-order valence-electron chi connectivity index (χ4n) is 1.28. The first kappa shape index (κ1) is 8.04. The molecule has 1 atom stereocenters. The van der Waals surface area contributed by atoms with Crippen LogP contribution in [0.15, 0.2) is 18.2 Å². The molecule has 13 heavy (non-hydrogen) atoms. The van der Waals surface area contributed by atoms with Gasteiger partial charge in [0.15, 0.2) is 6.23 Å². The molecule has 2 rings (SSSR count). The number of ether oxygens (including phenoxy) is 1. The molecule has 3 nitrogen and oxygen atoms in total. The molecule has 1 N–H and O–H groups in total. The smallest absolute Gasteiger partial charge is 0.342 e. The maximum atomic E-state index is 12.7. The Bertz CT molecular complexity index is 365. The third kappa shape index (κ3) is 1.35. The molecule has 0 aliphatic carbocycles. The second kappa shape index (κ2) is 2.73. The van der Waals surface area contributed by atoms with Crippen molar-refractivity contribution in [2.45, 2.75) is 13.2 Å². The minimum Gasteiger partial charge on any atom is -0.438 e. The Hall–Kier alpha value is -1.58. The van der Waals surface area contributed by atoms with Crippen LogP contribution in [0.25, 0.3) is 0 Å². The fraction of sp³-hybridized carbons (Fsp3) is 0.222. The first-order valence-corrected chi connectivity index (χ1v) is 3.94. The lowest BCUT2D eigenvalue weighted by atomic mass is 10.1. The second-order valence-corrected chi connectivity index (χ2v) is 2.88. The van der Waals surface area contributed by atoms with Gasteiger partial charge >= 0.3 is 5.97 Å². The van der Waals surface area contributed by atoms with Gasteiger partial charge in [0.2, 0.25) is 0 Å². The molecule has 1 aliphatic rings. The molecular formula is C9H8FNO2. The van der Waals surface area contributed by atoms with Crippen molar-refractivity contribution in [3.8, 4) is 0 Å². The van der Waals surface area contributed by atoms with Gasteiger partial charge < -0.3 is 10.1 Å². The lowest BCUT2D eigenvalue weighted by Gasteiger charge is -2.23. The van der Waals surface area contributed by atoms with Gasteiger partial charge in [-0.15, -0.1) is 0 Å². The number of anilines is 1. The van der Waals surface area contributed by atoms with Crippen molar-refractivity contribution < 1.29 is 13.9 Å². The molecule has 0 saturated carbocycles. The standard InChI is InChI=1S/C9H8FNO2/c1-5-11-8-3-2-6(10)4-7(8)9(12)13-5/h2-5,11H,1H3. The number of hydrogen-bond acceptors (Lipinski definition) is 3. The van der Waals surface area contributed by atoms with E-state index in [-0.39, 0.29) is 11.8 Å². The van der Waals surface area contributed by atoms with Crippen molar-refractivity contribution in [2.24, 2.45) is 0 Å². The number of hydrogen-bond donors (Lipinski definition) is 1. The Balaban J connectivity index is 2.49. The van der Waals surface area contributed by atoms with Crippen LogP contribution in [0.3, 0.4) is 0 Å². The van der Waals surface area contributed by atoms with Crippen molar-refractivity contribution in [1.82, 2.24) is 0 Å². The molecule has 0 saturated heterocycles. The van der Waals surface area contributed by atoms with Crippen molar-refractivity contribution in [3.05, 3.63) is 29.6 Å². The summed E-state index contributed by atoms with van der Waals surface area (Å²) in [5, 5.41) is 2.91. The number of cyclic esters (lactones) is 1.